The Bertz CT molecular complexity index is 1670. The van der Waals surface area contributed by atoms with Crippen molar-refractivity contribution in [1.82, 2.24) is 14.5 Å². The van der Waals surface area contributed by atoms with E-state index in [0.717, 1.165) is 85.4 Å². The summed E-state index contributed by atoms with van der Waals surface area (Å²) >= 11 is 0. The summed E-state index contributed by atoms with van der Waals surface area (Å²) in [5, 5.41) is 0. The van der Waals surface area contributed by atoms with Crippen LogP contribution in [0.4, 0.5) is 0 Å². The van der Waals surface area contributed by atoms with Crippen LogP contribution in [0.3, 0.4) is 0 Å². The summed E-state index contributed by atoms with van der Waals surface area (Å²) in [7, 11) is 0. The molecule has 3 heterocycles. The molecule has 0 bridgehead atoms. The van der Waals surface area contributed by atoms with E-state index in [1.807, 2.05) is 6.07 Å². The molecular weight excluding hydrogens is 546 g/mol. The summed E-state index contributed by atoms with van der Waals surface area (Å²) < 4.78 is 19.8. The Morgan fingerprint density at radius 3 is 2.20 bits per heavy atom. The molecule has 4 aromatic carbocycles. The highest BCUT2D eigenvalue weighted by Gasteiger charge is 2.28. The molecule has 6 heteroatoms. The van der Waals surface area contributed by atoms with Crippen molar-refractivity contribution < 1.29 is 14.2 Å². The minimum atomic E-state index is 0.0478. The van der Waals surface area contributed by atoms with E-state index >= 15 is 0 Å². The molecule has 7 rings (SSSR count). The van der Waals surface area contributed by atoms with Crippen LogP contribution in [0.25, 0.3) is 22.6 Å². The standard InChI is InChI=1S/C38H39N3O3/c1-3-4-20-41-37(36(31-11-7-5-8-12-31)39-38(41)32-13-9-6-10-14-32)27(2)40(24-28-15-17-30-19-21-42-34(30)22-28)25-29-16-18-33-35(23-29)44-26-43-33/h5-18,22-23,27H,3-4,19-21,24-26H2,1-2H3/t27-/m0/s1. The van der Waals surface area contributed by atoms with Crippen LogP contribution in [-0.2, 0) is 26.1 Å². The van der Waals surface area contributed by atoms with E-state index < -0.39 is 0 Å². The summed E-state index contributed by atoms with van der Waals surface area (Å²) in [6.07, 6.45) is 3.16. The predicted molar refractivity (Wildman–Crippen MR) is 174 cm³/mol. The summed E-state index contributed by atoms with van der Waals surface area (Å²) in [5.41, 5.74) is 8.27. The van der Waals surface area contributed by atoms with Crippen molar-refractivity contribution in [2.45, 2.75) is 58.8 Å². The molecule has 0 spiro atoms. The zero-order chi connectivity index (χ0) is 29.9. The van der Waals surface area contributed by atoms with Crippen molar-refractivity contribution in [1.29, 1.82) is 0 Å². The zero-order valence-electron chi connectivity index (χ0n) is 25.5. The SMILES string of the molecule is CCCCn1c(-c2ccccc2)nc(-c2ccccc2)c1[C@H](C)N(Cc1ccc2c(c1)OCC2)Cc1ccc2c(c1)OCO2. The van der Waals surface area contributed by atoms with Crippen LogP contribution in [-0.4, -0.2) is 27.9 Å². The fourth-order valence-corrected chi connectivity index (χ4v) is 6.37. The number of imidazole rings is 1. The minimum absolute atomic E-state index is 0.0478. The molecule has 0 saturated carbocycles. The first-order chi connectivity index (χ1) is 21.7. The lowest BCUT2D eigenvalue weighted by Crippen LogP contribution is -2.28. The maximum absolute atomic E-state index is 5.96. The Labute approximate surface area is 259 Å². The van der Waals surface area contributed by atoms with Gasteiger partial charge in [0.1, 0.15) is 11.6 Å². The molecule has 0 fully saturated rings. The number of fused-ring (bicyclic) bond motifs is 2. The number of nitrogens with zero attached hydrogens (tertiary/aromatic N) is 3. The molecule has 1 atom stereocenters. The topological polar surface area (TPSA) is 48.8 Å². The second-order valence-electron chi connectivity index (χ2n) is 11.7. The average molecular weight is 586 g/mol. The zero-order valence-corrected chi connectivity index (χ0v) is 25.5. The van der Waals surface area contributed by atoms with Gasteiger partial charge in [0.05, 0.1) is 24.0 Å². The summed E-state index contributed by atoms with van der Waals surface area (Å²) in [5.74, 6) is 3.65. The number of ether oxygens (including phenoxy) is 3. The van der Waals surface area contributed by atoms with E-state index in [1.54, 1.807) is 0 Å². The van der Waals surface area contributed by atoms with E-state index in [-0.39, 0.29) is 12.8 Å². The molecule has 1 aromatic heterocycles. The quantitative estimate of drug-likeness (QED) is 0.156. The van der Waals surface area contributed by atoms with Crippen molar-refractivity contribution in [2.24, 2.45) is 0 Å². The third kappa shape index (κ3) is 5.70. The highest BCUT2D eigenvalue weighted by atomic mass is 16.7. The van der Waals surface area contributed by atoms with Gasteiger partial charge in [-0.2, -0.15) is 0 Å². The van der Waals surface area contributed by atoms with Crippen molar-refractivity contribution in [3.63, 3.8) is 0 Å². The van der Waals surface area contributed by atoms with Gasteiger partial charge in [-0.05, 0) is 48.2 Å². The van der Waals surface area contributed by atoms with Gasteiger partial charge < -0.3 is 18.8 Å². The molecule has 2 aliphatic heterocycles. The maximum atomic E-state index is 5.96. The number of rotatable bonds is 11. The molecule has 0 N–H and O–H groups in total. The number of hydrogen-bond acceptors (Lipinski definition) is 5. The van der Waals surface area contributed by atoms with E-state index in [2.05, 4.69) is 114 Å². The summed E-state index contributed by atoms with van der Waals surface area (Å²) in [6, 6.07) is 34.3. The van der Waals surface area contributed by atoms with E-state index in [4.69, 9.17) is 19.2 Å². The van der Waals surface area contributed by atoms with Crippen LogP contribution >= 0.6 is 0 Å². The number of unbranched alkanes of at least 4 members (excludes halogenated alkanes) is 1. The van der Waals surface area contributed by atoms with Crippen molar-refractivity contribution in [3.05, 3.63) is 119 Å². The fourth-order valence-electron chi connectivity index (χ4n) is 6.37. The van der Waals surface area contributed by atoms with Gasteiger partial charge in [0.15, 0.2) is 11.5 Å². The second-order valence-corrected chi connectivity index (χ2v) is 11.7. The normalized spacial score (nSPS) is 14.1. The van der Waals surface area contributed by atoms with Crippen molar-refractivity contribution >= 4 is 0 Å². The first kappa shape index (κ1) is 28.2. The van der Waals surface area contributed by atoms with Crippen LogP contribution in [0.5, 0.6) is 17.2 Å². The largest absolute Gasteiger partial charge is 0.493 e. The minimum Gasteiger partial charge on any atom is -0.493 e. The Balaban J connectivity index is 1.35. The average Bonchev–Trinajstić information content (AvgIpc) is 3.82. The van der Waals surface area contributed by atoms with E-state index in [1.165, 1.54) is 22.4 Å². The summed E-state index contributed by atoms with van der Waals surface area (Å²) in [6.45, 7) is 8.02. The third-order valence-electron chi connectivity index (χ3n) is 8.73. The van der Waals surface area contributed by atoms with Gasteiger partial charge in [0.25, 0.3) is 0 Å². The maximum Gasteiger partial charge on any atom is 0.231 e. The first-order valence-corrected chi connectivity index (χ1v) is 15.8. The van der Waals surface area contributed by atoms with E-state index in [9.17, 15) is 0 Å². The van der Waals surface area contributed by atoms with Gasteiger partial charge in [-0.15, -0.1) is 0 Å². The van der Waals surface area contributed by atoms with Gasteiger partial charge in [-0.1, -0.05) is 92.2 Å². The lowest BCUT2D eigenvalue weighted by molar-refractivity contribution is 0.173. The Hall–Kier alpha value is -4.55. The van der Waals surface area contributed by atoms with Crippen LogP contribution in [0.1, 0.15) is 55.1 Å². The molecule has 2 aliphatic rings. The molecule has 0 amide bonds. The molecule has 5 aromatic rings. The van der Waals surface area contributed by atoms with Crippen molar-refractivity contribution in [2.75, 3.05) is 13.4 Å². The molecular formula is C38H39N3O3. The predicted octanol–water partition coefficient (Wildman–Crippen LogP) is 8.44. The highest BCUT2D eigenvalue weighted by Crippen LogP contribution is 2.39. The molecule has 0 radical (unpaired) electrons. The number of benzene rings is 4. The molecule has 0 aliphatic carbocycles. The second kappa shape index (κ2) is 12.6. The Morgan fingerprint density at radius 1 is 0.773 bits per heavy atom. The van der Waals surface area contributed by atoms with Gasteiger partial charge in [-0.3, -0.25) is 4.90 Å². The van der Waals surface area contributed by atoms with Crippen LogP contribution in [0.15, 0.2) is 97.1 Å². The lowest BCUT2D eigenvalue weighted by atomic mass is 10.0. The molecule has 0 unspecified atom stereocenters. The Kier molecular flexibility index (Phi) is 8.08. The summed E-state index contributed by atoms with van der Waals surface area (Å²) in [4.78, 5) is 7.95. The van der Waals surface area contributed by atoms with E-state index in [0.29, 0.717) is 0 Å². The van der Waals surface area contributed by atoms with Crippen molar-refractivity contribution in [3.8, 4) is 39.9 Å². The lowest BCUT2D eigenvalue weighted by Gasteiger charge is -2.31. The monoisotopic (exact) mass is 585 g/mol. The van der Waals surface area contributed by atoms with Gasteiger partial charge >= 0.3 is 0 Å². The van der Waals surface area contributed by atoms with Gasteiger partial charge in [0.2, 0.25) is 6.79 Å². The first-order valence-electron chi connectivity index (χ1n) is 15.8. The number of aromatic nitrogens is 2. The van der Waals surface area contributed by atoms with Crippen LogP contribution in [0, 0.1) is 0 Å². The smallest absolute Gasteiger partial charge is 0.231 e. The van der Waals surface area contributed by atoms with Crippen LogP contribution < -0.4 is 14.2 Å². The Morgan fingerprint density at radius 2 is 1.45 bits per heavy atom. The fraction of sp³-hybridized carbons (Fsp3) is 0.289. The highest BCUT2D eigenvalue weighted by molar-refractivity contribution is 5.69. The van der Waals surface area contributed by atoms with Crippen LogP contribution in [0.2, 0.25) is 0 Å². The molecule has 224 valence electrons. The third-order valence-corrected chi connectivity index (χ3v) is 8.73. The number of hydrogen-bond donors (Lipinski definition) is 0. The molecule has 0 saturated heterocycles. The molecule has 44 heavy (non-hydrogen) atoms. The molecule has 6 nitrogen and oxygen atoms in total. The van der Waals surface area contributed by atoms with Gasteiger partial charge in [-0.25, -0.2) is 4.98 Å². The van der Waals surface area contributed by atoms with Gasteiger partial charge in [0, 0.05) is 37.2 Å².